The third-order valence-corrected chi connectivity index (χ3v) is 4.14. The molecule has 0 unspecified atom stereocenters. The lowest BCUT2D eigenvalue weighted by Gasteiger charge is -2.12. The fourth-order valence-electron chi connectivity index (χ4n) is 2.82. The van der Waals surface area contributed by atoms with E-state index >= 15 is 0 Å². The van der Waals surface area contributed by atoms with Crippen molar-refractivity contribution in [2.75, 3.05) is 19.5 Å². The highest BCUT2D eigenvalue weighted by atomic mass is 19.1. The van der Waals surface area contributed by atoms with Gasteiger partial charge >= 0.3 is 0 Å². The number of amides is 1. The zero-order valence-corrected chi connectivity index (χ0v) is 15.2. The van der Waals surface area contributed by atoms with E-state index in [1.165, 1.54) is 12.1 Å². The summed E-state index contributed by atoms with van der Waals surface area (Å²) < 4.78 is 23.9. The molecule has 0 aromatic heterocycles. The Morgan fingerprint density at radius 2 is 1.74 bits per heavy atom. The second kappa shape index (κ2) is 8.36. The second-order valence-electron chi connectivity index (χ2n) is 6.00. The average Bonchev–Trinajstić information content (AvgIpc) is 2.68. The number of carbonyl (C=O) groups excluding carboxylic acids is 1. The van der Waals surface area contributed by atoms with Crippen LogP contribution in [0.25, 0.3) is 11.1 Å². The molecule has 0 saturated carbocycles. The molecule has 0 atom stereocenters. The molecule has 3 aromatic carbocycles. The van der Waals surface area contributed by atoms with Gasteiger partial charge in [0.15, 0.2) is 0 Å². The van der Waals surface area contributed by atoms with Crippen molar-refractivity contribution in [3.05, 3.63) is 78.1 Å². The van der Waals surface area contributed by atoms with Gasteiger partial charge in [0.25, 0.3) is 0 Å². The molecule has 0 radical (unpaired) electrons. The van der Waals surface area contributed by atoms with E-state index in [-0.39, 0.29) is 18.1 Å². The summed E-state index contributed by atoms with van der Waals surface area (Å²) >= 11 is 0. The molecule has 1 N–H and O–H groups in total. The van der Waals surface area contributed by atoms with E-state index in [1.807, 2.05) is 30.3 Å². The van der Waals surface area contributed by atoms with Gasteiger partial charge in [0.2, 0.25) is 5.91 Å². The van der Waals surface area contributed by atoms with Crippen LogP contribution in [0, 0.1) is 5.82 Å². The van der Waals surface area contributed by atoms with Gasteiger partial charge in [-0.25, -0.2) is 4.39 Å². The molecule has 27 heavy (non-hydrogen) atoms. The minimum Gasteiger partial charge on any atom is -0.497 e. The molecule has 1 amide bonds. The Kier molecular flexibility index (Phi) is 5.71. The first kappa shape index (κ1) is 18.5. The molecule has 4 nitrogen and oxygen atoms in total. The van der Waals surface area contributed by atoms with Crippen molar-refractivity contribution in [1.82, 2.24) is 0 Å². The van der Waals surface area contributed by atoms with Gasteiger partial charge in [-0.3, -0.25) is 4.79 Å². The number of ether oxygens (including phenoxy) is 2. The number of carbonyl (C=O) groups is 1. The van der Waals surface area contributed by atoms with Gasteiger partial charge < -0.3 is 14.8 Å². The van der Waals surface area contributed by atoms with Crippen molar-refractivity contribution in [1.29, 1.82) is 0 Å². The van der Waals surface area contributed by atoms with Crippen molar-refractivity contribution in [2.45, 2.75) is 6.42 Å². The predicted octanol–water partition coefficient (Wildman–Crippen LogP) is 4.69. The maximum Gasteiger partial charge on any atom is 0.228 e. The van der Waals surface area contributed by atoms with E-state index in [2.05, 4.69) is 5.32 Å². The van der Waals surface area contributed by atoms with Gasteiger partial charge in [-0.15, -0.1) is 0 Å². The number of hydrogen-bond acceptors (Lipinski definition) is 3. The van der Waals surface area contributed by atoms with Crippen LogP contribution in [0.1, 0.15) is 5.56 Å². The molecule has 3 rings (SSSR count). The summed E-state index contributed by atoms with van der Waals surface area (Å²) in [6, 6.07) is 19.0. The third-order valence-electron chi connectivity index (χ3n) is 4.14. The summed E-state index contributed by atoms with van der Waals surface area (Å²) in [5.74, 6) is 0.888. The van der Waals surface area contributed by atoms with Crippen molar-refractivity contribution >= 4 is 11.6 Å². The number of benzene rings is 3. The van der Waals surface area contributed by atoms with E-state index in [0.717, 1.165) is 16.9 Å². The smallest absolute Gasteiger partial charge is 0.228 e. The lowest BCUT2D eigenvalue weighted by atomic mass is 10.0. The van der Waals surface area contributed by atoms with Crippen LogP contribution in [0.2, 0.25) is 0 Å². The lowest BCUT2D eigenvalue weighted by Crippen LogP contribution is -2.14. The van der Waals surface area contributed by atoms with Crippen LogP contribution in [0.15, 0.2) is 66.7 Å². The molecule has 0 bridgehead atoms. The minimum absolute atomic E-state index is 0.0989. The average molecular weight is 365 g/mol. The molecule has 0 saturated heterocycles. The van der Waals surface area contributed by atoms with Gasteiger partial charge in [-0.2, -0.15) is 0 Å². The fourth-order valence-corrected chi connectivity index (χ4v) is 2.82. The van der Waals surface area contributed by atoms with Crippen LogP contribution in [0.3, 0.4) is 0 Å². The van der Waals surface area contributed by atoms with Crippen molar-refractivity contribution < 1.29 is 18.7 Å². The summed E-state index contributed by atoms with van der Waals surface area (Å²) in [4.78, 5) is 12.3. The fraction of sp³-hybridized carbons (Fsp3) is 0.136. The summed E-state index contributed by atoms with van der Waals surface area (Å²) in [6.45, 7) is 0. The molecule has 5 heteroatoms. The van der Waals surface area contributed by atoms with E-state index in [1.54, 1.807) is 38.5 Å². The maximum absolute atomic E-state index is 13.3. The molecular weight excluding hydrogens is 345 g/mol. The molecule has 0 aliphatic heterocycles. The Bertz CT molecular complexity index is 939. The predicted molar refractivity (Wildman–Crippen MR) is 104 cm³/mol. The maximum atomic E-state index is 13.3. The van der Waals surface area contributed by atoms with Crippen LogP contribution in [0.4, 0.5) is 10.1 Å². The van der Waals surface area contributed by atoms with E-state index < -0.39 is 0 Å². The van der Waals surface area contributed by atoms with Gasteiger partial charge in [-0.1, -0.05) is 24.3 Å². The topological polar surface area (TPSA) is 47.6 Å². The Hall–Kier alpha value is -3.34. The first-order valence-electron chi connectivity index (χ1n) is 8.46. The molecule has 0 fully saturated rings. The van der Waals surface area contributed by atoms with E-state index in [4.69, 9.17) is 9.47 Å². The Labute approximate surface area is 157 Å². The number of halogens is 1. The number of rotatable bonds is 6. The van der Waals surface area contributed by atoms with Gasteiger partial charge in [-0.05, 0) is 53.6 Å². The third kappa shape index (κ3) is 4.64. The molecule has 0 spiro atoms. The first-order chi connectivity index (χ1) is 13.1. The molecular formula is C22H20FNO3. The number of nitrogens with one attached hydrogen (secondary N) is 1. The molecule has 0 aliphatic carbocycles. The number of anilines is 1. The van der Waals surface area contributed by atoms with Crippen LogP contribution in [0.5, 0.6) is 11.5 Å². The summed E-state index contributed by atoms with van der Waals surface area (Å²) in [6.07, 6.45) is 0.0989. The highest BCUT2D eigenvalue weighted by Crippen LogP contribution is 2.33. The van der Waals surface area contributed by atoms with Crippen LogP contribution >= 0.6 is 0 Å². The largest absolute Gasteiger partial charge is 0.497 e. The van der Waals surface area contributed by atoms with Crippen molar-refractivity contribution in [3.8, 4) is 22.6 Å². The second-order valence-corrected chi connectivity index (χ2v) is 6.00. The van der Waals surface area contributed by atoms with Gasteiger partial charge in [0, 0.05) is 11.3 Å². The summed E-state index contributed by atoms with van der Waals surface area (Å²) in [5, 5.41) is 2.85. The Morgan fingerprint density at radius 3 is 2.41 bits per heavy atom. The van der Waals surface area contributed by atoms with Crippen molar-refractivity contribution in [2.24, 2.45) is 0 Å². The van der Waals surface area contributed by atoms with Crippen molar-refractivity contribution in [3.63, 3.8) is 0 Å². The quantitative estimate of drug-likeness (QED) is 0.689. The number of methoxy groups -OCH3 is 2. The SMILES string of the molecule is COc1ccc(-c2cc(NC(=O)Cc3cccc(F)c3)ccc2OC)cc1. The molecule has 0 heterocycles. The molecule has 138 valence electrons. The van der Waals surface area contributed by atoms with E-state index in [0.29, 0.717) is 17.0 Å². The standard InChI is InChI=1S/C22H20FNO3/c1-26-19-9-6-16(7-10-19)20-14-18(8-11-21(20)27-2)24-22(25)13-15-4-3-5-17(23)12-15/h3-12,14H,13H2,1-2H3,(H,24,25). The van der Waals surface area contributed by atoms with E-state index in [9.17, 15) is 9.18 Å². The summed E-state index contributed by atoms with van der Waals surface area (Å²) in [7, 11) is 3.22. The first-order valence-corrected chi connectivity index (χ1v) is 8.46. The molecule has 3 aromatic rings. The Balaban J connectivity index is 1.80. The zero-order chi connectivity index (χ0) is 19.2. The van der Waals surface area contributed by atoms with Gasteiger partial charge in [0.05, 0.1) is 20.6 Å². The highest BCUT2D eigenvalue weighted by molar-refractivity contribution is 5.93. The van der Waals surface area contributed by atoms with Gasteiger partial charge in [0.1, 0.15) is 17.3 Å². The van der Waals surface area contributed by atoms with Crippen LogP contribution in [-0.4, -0.2) is 20.1 Å². The highest BCUT2D eigenvalue weighted by Gasteiger charge is 2.10. The Morgan fingerprint density at radius 1 is 0.963 bits per heavy atom. The minimum atomic E-state index is -0.355. The zero-order valence-electron chi connectivity index (χ0n) is 15.2. The van der Waals surface area contributed by atoms with Crippen LogP contribution in [-0.2, 0) is 11.2 Å². The summed E-state index contributed by atoms with van der Waals surface area (Å²) in [5.41, 5.74) is 3.05. The van der Waals surface area contributed by atoms with Crippen LogP contribution < -0.4 is 14.8 Å². The number of hydrogen-bond donors (Lipinski definition) is 1. The normalized spacial score (nSPS) is 10.3. The lowest BCUT2D eigenvalue weighted by molar-refractivity contribution is -0.115. The monoisotopic (exact) mass is 365 g/mol. The molecule has 0 aliphatic rings.